The van der Waals surface area contributed by atoms with Gasteiger partial charge in [0, 0.05) is 19.0 Å². The Hall–Kier alpha value is -2.81. The van der Waals surface area contributed by atoms with Crippen LogP contribution in [0.5, 0.6) is 0 Å². The van der Waals surface area contributed by atoms with Gasteiger partial charge in [-0.2, -0.15) is 13.2 Å². The molecule has 1 heterocycles. The maximum atomic E-state index is 13.5. The van der Waals surface area contributed by atoms with Crippen LogP contribution in [0.1, 0.15) is 60.9 Å². The number of halogens is 3. The van der Waals surface area contributed by atoms with Gasteiger partial charge in [-0.05, 0) is 66.7 Å². The van der Waals surface area contributed by atoms with E-state index in [9.17, 15) is 22.8 Å². The number of carbonyl (C=O) groups excluding carboxylic acids is 2. The first-order chi connectivity index (χ1) is 17.1. The number of hydrogen-bond donors (Lipinski definition) is 0. The highest BCUT2D eigenvalue weighted by atomic mass is 32.2. The number of alkyl halides is 3. The first kappa shape index (κ1) is 27.8. The van der Waals surface area contributed by atoms with Crippen molar-refractivity contribution in [3.05, 3.63) is 64.0 Å². The minimum atomic E-state index is -4.43. The van der Waals surface area contributed by atoms with E-state index in [-0.39, 0.29) is 11.7 Å². The summed E-state index contributed by atoms with van der Waals surface area (Å²) in [6.45, 7) is 6.08. The predicted octanol–water partition coefficient (Wildman–Crippen LogP) is 7.19. The van der Waals surface area contributed by atoms with Gasteiger partial charge in [-0.25, -0.2) is 9.78 Å². The maximum absolute atomic E-state index is 13.5. The summed E-state index contributed by atoms with van der Waals surface area (Å²) in [5.41, 5.74) is 3.67. The Morgan fingerprint density at radius 2 is 1.81 bits per heavy atom. The summed E-state index contributed by atoms with van der Waals surface area (Å²) in [6, 6.07) is 6.48. The lowest BCUT2D eigenvalue weighted by atomic mass is 9.79. The first-order valence-electron chi connectivity index (χ1n) is 11.9. The number of aromatic nitrogens is 1. The molecule has 0 radical (unpaired) electrons. The molecule has 0 aliphatic heterocycles. The molecule has 1 atom stereocenters. The average molecular weight is 522 g/mol. The van der Waals surface area contributed by atoms with Gasteiger partial charge in [0.1, 0.15) is 5.76 Å². The van der Waals surface area contributed by atoms with Gasteiger partial charge in [0.15, 0.2) is 5.78 Å². The molecule has 9 heteroatoms. The van der Waals surface area contributed by atoms with Gasteiger partial charge in [-0.1, -0.05) is 31.5 Å². The van der Waals surface area contributed by atoms with Crippen molar-refractivity contribution < 1.29 is 32.2 Å². The van der Waals surface area contributed by atoms with E-state index in [1.807, 2.05) is 20.8 Å². The molecular formula is C27H30F3NO4S. The topological polar surface area (TPSA) is 65.5 Å². The summed E-state index contributed by atoms with van der Waals surface area (Å²) in [5, 5.41) is 0.479. The van der Waals surface area contributed by atoms with Gasteiger partial charge in [-0.15, -0.1) is 11.8 Å². The van der Waals surface area contributed by atoms with Crippen LogP contribution in [0.4, 0.5) is 18.0 Å². The lowest BCUT2D eigenvalue weighted by Gasteiger charge is -2.28. The molecule has 1 aliphatic carbocycles. The molecule has 0 bridgehead atoms. The molecule has 0 amide bonds. The van der Waals surface area contributed by atoms with Crippen LogP contribution in [-0.4, -0.2) is 29.8 Å². The number of ether oxygens (including phenoxy) is 2. The smallest absolute Gasteiger partial charge is 0.437 e. The molecule has 3 rings (SSSR count). The lowest BCUT2D eigenvalue weighted by Crippen LogP contribution is -2.23. The molecule has 0 N–H and O–H groups in total. The van der Waals surface area contributed by atoms with Crippen LogP contribution >= 0.6 is 11.8 Å². The normalized spacial score (nSPS) is 16.3. The molecule has 5 nitrogen and oxygen atoms in total. The first-order valence-corrected chi connectivity index (χ1v) is 12.9. The summed E-state index contributed by atoms with van der Waals surface area (Å²) in [7, 11) is 1.22. The molecule has 1 unspecified atom stereocenters. The SMILES string of the molecule is CCc1cc(C)cc(CC)c1C1=C(OC(=O)OC)CC(CCSc2ccc(C(F)(F)F)cn2)CC1=O. The highest BCUT2D eigenvalue weighted by Crippen LogP contribution is 2.39. The van der Waals surface area contributed by atoms with Crippen LogP contribution in [0.25, 0.3) is 5.57 Å². The third-order valence-corrected chi connectivity index (χ3v) is 7.15. The predicted molar refractivity (Wildman–Crippen MR) is 133 cm³/mol. The van der Waals surface area contributed by atoms with Crippen molar-refractivity contribution in [2.45, 2.75) is 64.1 Å². The Kier molecular flexibility index (Phi) is 9.22. The number of pyridine rings is 1. The van der Waals surface area contributed by atoms with Gasteiger partial charge >= 0.3 is 12.3 Å². The zero-order valence-electron chi connectivity index (χ0n) is 20.8. The Labute approximate surface area is 213 Å². The minimum absolute atomic E-state index is 0.0801. The monoisotopic (exact) mass is 521 g/mol. The molecule has 36 heavy (non-hydrogen) atoms. The molecule has 1 aromatic heterocycles. The van der Waals surface area contributed by atoms with Crippen molar-refractivity contribution in [1.82, 2.24) is 4.98 Å². The largest absolute Gasteiger partial charge is 0.513 e. The fourth-order valence-corrected chi connectivity index (χ4v) is 5.41. The van der Waals surface area contributed by atoms with Gasteiger partial charge < -0.3 is 9.47 Å². The molecule has 0 fully saturated rings. The van der Waals surface area contributed by atoms with Crippen LogP contribution in [0.3, 0.4) is 0 Å². The van der Waals surface area contributed by atoms with Crippen molar-refractivity contribution in [1.29, 1.82) is 0 Å². The minimum Gasteiger partial charge on any atom is -0.437 e. The van der Waals surface area contributed by atoms with E-state index in [1.165, 1.54) is 24.9 Å². The summed E-state index contributed by atoms with van der Waals surface area (Å²) < 4.78 is 48.5. The van der Waals surface area contributed by atoms with Crippen LogP contribution in [0.2, 0.25) is 0 Å². The van der Waals surface area contributed by atoms with E-state index < -0.39 is 17.9 Å². The third-order valence-electron chi connectivity index (χ3n) is 6.18. The van der Waals surface area contributed by atoms with Crippen molar-refractivity contribution in [2.75, 3.05) is 12.9 Å². The molecule has 2 aromatic rings. The van der Waals surface area contributed by atoms with Crippen LogP contribution in [0, 0.1) is 12.8 Å². The number of aryl methyl sites for hydroxylation is 3. The summed E-state index contributed by atoms with van der Waals surface area (Å²) in [5.74, 6) is 0.704. The zero-order chi connectivity index (χ0) is 26.5. The van der Waals surface area contributed by atoms with E-state index in [4.69, 9.17) is 9.47 Å². The standard InChI is InChI=1S/C27H30F3NO4S/c1-5-18-11-16(3)12-19(6-2)24(18)25-21(32)13-17(14-22(25)35-26(33)34-4)9-10-36-23-8-7-20(15-31-23)27(28,29)30/h7-8,11-12,15,17H,5-6,9-10,13-14H2,1-4H3. The number of ketones is 1. The number of benzene rings is 1. The fraction of sp³-hybridized carbons (Fsp3) is 0.444. The summed E-state index contributed by atoms with van der Waals surface area (Å²) >= 11 is 1.33. The number of nitrogens with zero attached hydrogens (tertiary/aromatic N) is 1. The van der Waals surface area contributed by atoms with Gasteiger partial charge in [0.2, 0.25) is 0 Å². The Morgan fingerprint density at radius 3 is 2.33 bits per heavy atom. The van der Waals surface area contributed by atoms with Crippen LogP contribution < -0.4 is 0 Å². The Bertz CT molecular complexity index is 1120. The van der Waals surface area contributed by atoms with Crippen molar-refractivity contribution >= 4 is 29.3 Å². The summed E-state index contributed by atoms with van der Waals surface area (Å²) in [6.07, 6.45) is -1.73. The fourth-order valence-electron chi connectivity index (χ4n) is 4.46. The summed E-state index contributed by atoms with van der Waals surface area (Å²) in [4.78, 5) is 29.4. The van der Waals surface area contributed by atoms with Crippen molar-refractivity contribution in [3.8, 4) is 0 Å². The number of carbonyl (C=O) groups is 2. The average Bonchev–Trinajstić information content (AvgIpc) is 2.83. The molecule has 194 valence electrons. The maximum Gasteiger partial charge on any atom is 0.513 e. The highest BCUT2D eigenvalue weighted by Gasteiger charge is 2.33. The second-order valence-corrected chi connectivity index (χ2v) is 9.85. The molecule has 1 aliphatic rings. The quantitative estimate of drug-likeness (QED) is 0.271. The molecule has 0 saturated carbocycles. The van der Waals surface area contributed by atoms with Crippen LogP contribution in [-0.2, 0) is 33.3 Å². The van der Waals surface area contributed by atoms with Crippen LogP contribution in [0.15, 0.2) is 41.2 Å². The van der Waals surface area contributed by atoms with E-state index in [1.54, 1.807) is 0 Å². The molecular weight excluding hydrogens is 491 g/mol. The zero-order valence-corrected chi connectivity index (χ0v) is 21.6. The number of hydrogen-bond acceptors (Lipinski definition) is 6. The van der Waals surface area contributed by atoms with Gasteiger partial charge in [0.25, 0.3) is 0 Å². The Morgan fingerprint density at radius 1 is 1.14 bits per heavy atom. The second-order valence-electron chi connectivity index (χ2n) is 8.74. The number of Topliss-reactive ketones (excluding diaryl/α,β-unsaturated/α-hetero) is 1. The lowest BCUT2D eigenvalue weighted by molar-refractivity contribution is -0.137. The van der Waals surface area contributed by atoms with E-state index >= 15 is 0 Å². The van der Waals surface area contributed by atoms with Crippen molar-refractivity contribution in [2.24, 2.45) is 5.92 Å². The van der Waals surface area contributed by atoms with Crippen molar-refractivity contribution in [3.63, 3.8) is 0 Å². The second kappa shape index (κ2) is 12.0. The van der Waals surface area contributed by atoms with E-state index in [0.717, 1.165) is 47.4 Å². The third kappa shape index (κ3) is 6.69. The highest BCUT2D eigenvalue weighted by molar-refractivity contribution is 7.99. The number of rotatable bonds is 8. The van der Waals surface area contributed by atoms with Gasteiger partial charge in [-0.3, -0.25) is 4.79 Å². The molecule has 0 saturated heterocycles. The van der Waals surface area contributed by atoms with E-state index in [2.05, 4.69) is 17.1 Å². The Balaban J connectivity index is 1.83. The molecule has 1 aromatic carbocycles. The number of methoxy groups -OCH3 is 1. The number of allylic oxidation sites excluding steroid dienone is 2. The van der Waals surface area contributed by atoms with Gasteiger partial charge in [0.05, 0.1) is 23.3 Å². The van der Waals surface area contributed by atoms with E-state index in [0.29, 0.717) is 41.4 Å². The molecule has 0 spiro atoms. The number of thioether (sulfide) groups is 1.